The van der Waals surface area contributed by atoms with Crippen molar-refractivity contribution in [2.75, 3.05) is 6.54 Å². The van der Waals surface area contributed by atoms with Gasteiger partial charge < -0.3 is 15.3 Å². The van der Waals surface area contributed by atoms with Crippen molar-refractivity contribution in [3.63, 3.8) is 0 Å². The summed E-state index contributed by atoms with van der Waals surface area (Å²) in [7, 11) is 0. The molecule has 5 heteroatoms. The molecule has 2 rings (SSSR count). The van der Waals surface area contributed by atoms with Gasteiger partial charge in [-0.2, -0.15) is 0 Å². The second-order valence-electron chi connectivity index (χ2n) is 6.89. The average Bonchev–Trinajstić information content (AvgIpc) is 2.83. The molecule has 0 spiro atoms. The van der Waals surface area contributed by atoms with Gasteiger partial charge in [-0.05, 0) is 44.4 Å². The maximum absolute atomic E-state index is 12.3. The zero-order valence-corrected chi connectivity index (χ0v) is 12.0. The van der Waals surface area contributed by atoms with Gasteiger partial charge >= 0.3 is 12.0 Å². The highest BCUT2D eigenvalue weighted by Gasteiger charge is 2.46. The summed E-state index contributed by atoms with van der Waals surface area (Å²) in [5.74, 6) is -0.910. The van der Waals surface area contributed by atoms with E-state index in [0.29, 0.717) is 13.0 Å². The molecule has 0 radical (unpaired) electrons. The van der Waals surface area contributed by atoms with Crippen LogP contribution in [0, 0.1) is 5.41 Å². The van der Waals surface area contributed by atoms with Crippen molar-refractivity contribution in [2.24, 2.45) is 5.41 Å². The first kappa shape index (κ1) is 14.2. The number of hydrogen-bond acceptors (Lipinski definition) is 2. The largest absolute Gasteiger partial charge is 0.480 e. The molecule has 2 N–H and O–H groups in total. The SMILES string of the molecule is CC1(C)CCC(NC(=O)N2CCCC2(C)C(=O)O)C1. The lowest BCUT2D eigenvalue weighted by Gasteiger charge is -2.32. The first-order chi connectivity index (χ1) is 8.74. The molecule has 2 fully saturated rings. The molecular formula is C14H24N2O3. The number of carboxylic acid groups (broad SMARTS) is 1. The van der Waals surface area contributed by atoms with E-state index in [2.05, 4.69) is 19.2 Å². The predicted octanol–water partition coefficient (Wildman–Crippen LogP) is 2.21. The molecule has 2 unspecified atom stereocenters. The van der Waals surface area contributed by atoms with Gasteiger partial charge in [0.1, 0.15) is 5.54 Å². The number of hydrogen-bond donors (Lipinski definition) is 2. The number of aliphatic carboxylic acids is 1. The summed E-state index contributed by atoms with van der Waals surface area (Å²) in [4.78, 5) is 25.1. The third-order valence-electron chi connectivity index (χ3n) is 4.64. The van der Waals surface area contributed by atoms with Crippen LogP contribution in [0.25, 0.3) is 0 Å². The quantitative estimate of drug-likeness (QED) is 0.806. The molecule has 1 heterocycles. The summed E-state index contributed by atoms with van der Waals surface area (Å²) in [6.45, 7) is 6.58. The summed E-state index contributed by atoms with van der Waals surface area (Å²) in [5.41, 5.74) is -0.767. The van der Waals surface area contributed by atoms with Gasteiger partial charge in [0.15, 0.2) is 0 Å². The standard InChI is InChI=1S/C14H24N2O3/c1-13(2)7-5-10(9-13)15-12(19)16-8-4-6-14(16,3)11(17)18/h10H,4-9H2,1-3H3,(H,15,19)(H,17,18). The van der Waals surface area contributed by atoms with Crippen LogP contribution in [0.4, 0.5) is 4.79 Å². The number of carboxylic acids is 1. The molecule has 1 aliphatic heterocycles. The molecular weight excluding hydrogens is 244 g/mol. The lowest BCUT2D eigenvalue weighted by Crippen LogP contribution is -2.55. The highest BCUT2D eigenvalue weighted by molar-refractivity contribution is 5.86. The van der Waals surface area contributed by atoms with Gasteiger partial charge in [0.2, 0.25) is 0 Å². The van der Waals surface area contributed by atoms with Crippen molar-refractivity contribution in [3.8, 4) is 0 Å². The molecule has 2 atom stereocenters. The number of nitrogens with one attached hydrogen (secondary N) is 1. The number of nitrogens with zero attached hydrogens (tertiary/aromatic N) is 1. The Kier molecular flexibility index (Phi) is 3.49. The fourth-order valence-electron chi connectivity index (χ4n) is 3.32. The molecule has 0 aromatic heterocycles. The van der Waals surface area contributed by atoms with Crippen LogP contribution in [0.15, 0.2) is 0 Å². The van der Waals surface area contributed by atoms with Gasteiger partial charge in [0, 0.05) is 12.6 Å². The minimum atomic E-state index is -1.04. The van der Waals surface area contributed by atoms with E-state index in [0.717, 1.165) is 25.7 Å². The van der Waals surface area contributed by atoms with Crippen LogP contribution in [0.1, 0.15) is 52.9 Å². The van der Waals surface area contributed by atoms with E-state index in [-0.39, 0.29) is 17.5 Å². The second kappa shape index (κ2) is 4.69. The Hall–Kier alpha value is -1.26. The summed E-state index contributed by atoms with van der Waals surface area (Å²) in [5, 5.41) is 12.3. The molecule has 108 valence electrons. The summed E-state index contributed by atoms with van der Waals surface area (Å²) in [6.07, 6.45) is 4.35. The van der Waals surface area contributed by atoms with Crippen molar-refractivity contribution in [2.45, 2.75) is 64.5 Å². The maximum Gasteiger partial charge on any atom is 0.329 e. The van der Waals surface area contributed by atoms with Gasteiger partial charge in [-0.3, -0.25) is 0 Å². The number of carbonyl (C=O) groups is 2. The van der Waals surface area contributed by atoms with Crippen LogP contribution in [0.3, 0.4) is 0 Å². The summed E-state index contributed by atoms with van der Waals surface area (Å²) >= 11 is 0. The lowest BCUT2D eigenvalue weighted by atomic mass is 9.92. The number of rotatable bonds is 2. The molecule has 1 saturated carbocycles. The Morgan fingerprint density at radius 3 is 2.47 bits per heavy atom. The molecule has 5 nitrogen and oxygen atoms in total. The molecule has 1 aliphatic carbocycles. The Bertz CT molecular complexity index is 394. The molecule has 0 aromatic rings. The maximum atomic E-state index is 12.3. The zero-order chi connectivity index (χ0) is 14.3. The molecule has 0 aromatic carbocycles. The Labute approximate surface area is 114 Å². The van der Waals surface area contributed by atoms with Crippen LogP contribution in [-0.2, 0) is 4.79 Å². The van der Waals surface area contributed by atoms with E-state index in [9.17, 15) is 14.7 Å². The number of amides is 2. The van der Waals surface area contributed by atoms with E-state index in [1.165, 1.54) is 4.90 Å². The number of urea groups is 1. The Morgan fingerprint density at radius 2 is 1.95 bits per heavy atom. The van der Waals surface area contributed by atoms with Gasteiger partial charge in [-0.15, -0.1) is 0 Å². The molecule has 2 amide bonds. The van der Waals surface area contributed by atoms with Crippen LogP contribution in [0.2, 0.25) is 0 Å². The van der Waals surface area contributed by atoms with Crippen molar-refractivity contribution in [3.05, 3.63) is 0 Å². The third-order valence-corrected chi connectivity index (χ3v) is 4.64. The minimum Gasteiger partial charge on any atom is -0.480 e. The van der Waals surface area contributed by atoms with Crippen LogP contribution in [-0.4, -0.2) is 40.1 Å². The van der Waals surface area contributed by atoms with E-state index in [4.69, 9.17) is 0 Å². The molecule has 1 saturated heterocycles. The third kappa shape index (κ3) is 2.69. The average molecular weight is 268 g/mol. The predicted molar refractivity (Wildman–Crippen MR) is 71.9 cm³/mol. The first-order valence-corrected chi connectivity index (χ1v) is 7.06. The van der Waals surface area contributed by atoms with Crippen molar-refractivity contribution in [1.29, 1.82) is 0 Å². The highest BCUT2D eigenvalue weighted by Crippen LogP contribution is 2.37. The van der Waals surface area contributed by atoms with E-state index >= 15 is 0 Å². The number of carbonyl (C=O) groups excluding carboxylic acids is 1. The normalized spacial score (nSPS) is 33.4. The van der Waals surface area contributed by atoms with Gasteiger partial charge in [-0.1, -0.05) is 13.8 Å². The van der Waals surface area contributed by atoms with E-state index < -0.39 is 11.5 Å². The van der Waals surface area contributed by atoms with Crippen molar-refractivity contribution in [1.82, 2.24) is 10.2 Å². The fourth-order valence-corrected chi connectivity index (χ4v) is 3.32. The van der Waals surface area contributed by atoms with Gasteiger partial charge in [0.25, 0.3) is 0 Å². The molecule has 0 bridgehead atoms. The lowest BCUT2D eigenvalue weighted by molar-refractivity contribution is -0.147. The molecule has 19 heavy (non-hydrogen) atoms. The van der Waals surface area contributed by atoms with Crippen molar-refractivity contribution >= 4 is 12.0 Å². The fraction of sp³-hybridized carbons (Fsp3) is 0.857. The monoisotopic (exact) mass is 268 g/mol. The summed E-state index contributed by atoms with van der Waals surface area (Å²) in [6, 6.07) is -0.0359. The Morgan fingerprint density at radius 1 is 1.26 bits per heavy atom. The first-order valence-electron chi connectivity index (χ1n) is 7.06. The van der Waals surface area contributed by atoms with Crippen LogP contribution in [0.5, 0.6) is 0 Å². The van der Waals surface area contributed by atoms with Crippen molar-refractivity contribution < 1.29 is 14.7 Å². The van der Waals surface area contributed by atoms with Gasteiger partial charge in [0.05, 0.1) is 0 Å². The smallest absolute Gasteiger partial charge is 0.329 e. The zero-order valence-electron chi connectivity index (χ0n) is 12.0. The number of likely N-dealkylation sites (tertiary alicyclic amines) is 1. The summed E-state index contributed by atoms with van der Waals surface area (Å²) < 4.78 is 0. The van der Waals surface area contributed by atoms with E-state index in [1.54, 1.807) is 6.92 Å². The second-order valence-corrected chi connectivity index (χ2v) is 6.89. The topological polar surface area (TPSA) is 69.6 Å². The van der Waals surface area contributed by atoms with E-state index in [1.807, 2.05) is 0 Å². The highest BCUT2D eigenvalue weighted by atomic mass is 16.4. The van der Waals surface area contributed by atoms with Crippen LogP contribution >= 0.6 is 0 Å². The van der Waals surface area contributed by atoms with Crippen LogP contribution < -0.4 is 5.32 Å². The Balaban J connectivity index is 1.99. The minimum absolute atomic E-state index is 0.182. The molecule has 2 aliphatic rings. The van der Waals surface area contributed by atoms with Gasteiger partial charge in [-0.25, -0.2) is 9.59 Å².